The Morgan fingerprint density at radius 2 is 1.83 bits per heavy atom. The molecular formula is C18H22N4OS. The van der Waals surface area contributed by atoms with Crippen molar-refractivity contribution in [3.05, 3.63) is 47.7 Å². The largest absolute Gasteiger partial charge is 0.352 e. The van der Waals surface area contributed by atoms with Gasteiger partial charge in [0.2, 0.25) is 0 Å². The van der Waals surface area contributed by atoms with Crippen molar-refractivity contribution in [2.24, 2.45) is 0 Å². The molecule has 2 heterocycles. The summed E-state index contributed by atoms with van der Waals surface area (Å²) in [5, 5.41) is 8.35. The van der Waals surface area contributed by atoms with E-state index in [0.717, 1.165) is 40.8 Å². The van der Waals surface area contributed by atoms with E-state index in [4.69, 9.17) is 0 Å². The summed E-state index contributed by atoms with van der Waals surface area (Å²) in [5.41, 5.74) is 1.73. The molecule has 3 rings (SSSR count). The number of carbonyl (C=O) groups is 1. The van der Waals surface area contributed by atoms with Gasteiger partial charge in [0.25, 0.3) is 5.91 Å². The molecule has 1 aliphatic rings. The molecule has 0 N–H and O–H groups in total. The minimum atomic E-state index is 0.126. The molecule has 0 atom stereocenters. The summed E-state index contributed by atoms with van der Waals surface area (Å²) in [6.07, 6.45) is 0. The standard InChI is InChI=1S/C18H22N4OS/c1-3-24-16-7-5-4-6-15(16)18(23)22-12-10-21(11-13-22)17-9-8-14(2)19-20-17/h4-9H,3,10-13H2,1-2H3. The second kappa shape index (κ2) is 7.66. The summed E-state index contributed by atoms with van der Waals surface area (Å²) in [5.74, 6) is 1.97. The smallest absolute Gasteiger partial charge is 0.255 e. The lowest BCUT2D eigenvalue weighted by Gasteiger charge is -2.35. The number of aromatic nitrogens is 2. The fourth-order valence-corrected chi connectivity index (χ4v) is 3.59. The van der Waals surface area contributed by atoms with Gasteiger partial charge in [0.1, 0.15) is 0 Å². The lowest BCUT2D eigenvalue weighted by molar-refractivity contribution is 0.0743. The third kappa shape index (κ3) is 3.70. The van der Waals surface area contributed by atoms with Crippen LogP contribution >= 0.6 is 11.8 Å². The van der Waals surface area contributed by atoms with E-state index < -0.39 is 0 Å². The van der Waals surface area contributed by atoms with Gasteiger partial charge in [-0.25, -0.2) is 0 Å². The lowest BCUT2D eigenvalue weighted by Crippen LogP contribution is -2.49. The fourth-order valence-electron chi connectivity index (χ4n) is 2.79. The van der Waals surface area contributed by atoms with E-state index in [0.29, 0.717) is 13.1 Å². The molecule has 1 amide bonds. The number of anilines is 1. The maximum Gasteiger partial charge on any atom is 0.255 e. The average Bonchev–Trinajstić information content (AvgIpc) is 2.63. The van der Waals surface area contributed by atoms with Crippen LogP contribution in [0.4, 0.5) is 5.82 Å². The van der Waals surface area contributed by atoms with Gasteiger partial charge >= 0.3 is 0 Å². The number of hydrogen-bond acceptors (Lipinski definition) is 5. The number of hydrogen-bond donors (Lipinski definition) is 0. The third-order valence-corrected chi connectivity index (χ3v) is 5.05. The number of aryl methyl sites for hydroxylation is 1. The highest BCUT2D eigenvalue weighted by Crippen LogP contribution is 2.24. The number of piperazine rings is 1. The van der Waals surface area contributed by atoms with Crippen LogP contribution < -0.4 is 4.90 Å². The minimum Gasteiger partial charge on any atom is -0.352 e. The van der Waals surface area contributed by atoms with Crippen molar-refractivity contribution in [2.45, 2.75) is 18.7 Å². The molecule has 1 saturated heterocycles. The van der Waals surface area contributed by atoms with Gasteiger partial charge < -0.3 is 9.80 Å². The quantitative estimate of drug-likeness (QED) is 0.800. The summed E-state index contributed by atoms with van der Waals surface area (Å²) in [6.45, 7) is 7.02. The molecule has 6 heteroatoms. The molecule has 0 spiro atoms. The Labute approximate surface area is 147 Å². The van der Waals surface area contributed by atoms with Crippen LogP contribution in [0.3, 0.4) is 0 Å². The van der Waals surface area contributed by atoms with Gasteiger partial charge in [0, 0.05) is 31.1 Å². The fraction of sp³-hybridized carbons (Fsp3) is 0.389. The first-order chi connectivity index (χ1) is 11.7. The molecule has 2 aromatic rings. The van der Waals surface area contributed by atoms with Crippen LogP contribution in [0, 0.1) is 6.92 Å². The molecule has 126 valence electrons. The lowest BCUT2D eigenvalue weighted by atomic mass is 10.2. The maximum absolute atomic E-state index is 12.8. The van der Waals surface area contributed by atoms with Gasteiger partial charge in [-0.3, -0.25) is 4.79 Å². The second-order valence-electron chi connectivity index (χ2n) is 5.74. The SMILES string of the molecule is CCSc1ccccc1C(=O)N1CCN(c2ccc(C)nn2)CC1. The van der Waals surface area contributed by atoms with Gasteiger partial charge in [0.15, 0.2) is 5.82 Å². The zero-order chi connectivity index (χ0) is 16.9. The van der Waals surface area contributed by atoms with E-state index in [1.165, 1.54) is 0 Å². The van der Waals surface area contributed by atoms with Gasteiger partial charge in [-0.05, 0) is 36.9 Å². The van der Waals surface area contributed by atoms with E-state index >= 15 is 0 Å². The highest BCUT2D eigenvalue weighted by atomic mass is 32.2. The predicted octanol–water partition coefficient (Wildman–Crippen LogP) is 2.86. The number of thioether (sulfide) groups is 1. The van der Waals surface area contributed by atoms with E-state index in [1.54, 1.807) is 11.8 Å². The van der Waals surface area contributed by atoms with Gasteiger partial charge in [0.05, 0.1) is 11.3 Å². The molecule has 0 unspecified atom stereocenters. The van der Waals surface area contributed by atoms with E-state index in [1.807, 2.05) is 48.2 Å². The van der Waals surface area contributed by atoms with Crippen LogP contribution in [0.2, 0.25) is 0 Å². The van der Waals surface area contributed by atoms with Gasteiger partial charge in [-0.1, -0.05) is 19.1 Å². The molecule has 1 fully saturated rings. The molecule has 5 nitrogen and oxygen atoms in total. The number of amides is 1. The third-order valence-electron chi connectivity index (χ3n) is 4.09. The van der Waals surface area contributed by atoms with E-state index in [9.17, 15) is 4.79 Å². The first-order valence-electron chi connectivity index (χ1n) is 8.25. The highest BCUT2D eigenvalue weighted by molar-refractivity contribution is 7.99. The van der Waals surface area contributed by atoms with Gasteiger partial charge in [-0.2, -0.15) is 5.10 Å². The normalized spacial score (nSPS) is 14.8. The minimum absolute atomic E-state index is 0.126. The number of nitrogens with zero attached hydrogens (tertiary/aromatic N) is 4. The van der Waals surface area contributed by atoms with E-state index in [-0.39, 0.29) is 5.91 Å². The monoisotopic (exact) mass is 342 g/mol. The molecule has 1 aromatic carbocycles. The Morgan fingerprint density at radius 3 is 2.50 bits per heavy atom. The molecule has 0 bridgehead atoms. The summed E-state index contributed by atoms with van der Waals surface area (Å²) in [4.78, 5) is 18.0. The van der Waals surface area contributed by atoms with Crippen molar-refractivity contribution in [1.29, 1.82) is 0 Å². The van der Waals surface area contributed by atoms with Crippen LogP contribution in [-0.4, -0.2) is 52.9 Å². The topological polar surface area (TPSA) is 49.3 Å². The summed E-state index contributed by atoms with van der Waals surface area (Å²) in [6, 6.07) is 11.8. The molecule has 1 aromatic heterocycles. The Kier molecular flexibility index (Phi) is 5.35. The van der Waals surface area contributed by atoms with Crippen molar-refractivity contribution in [3.8, 4) is 0 Å². The van der Waals surface area contributed by atoms with Crippen LogP contribution in [0.5, 0.6) is 0 Å². The average molecular weight is 342 g/mol. The molecular weight excluding hydrogens is 320 g/mol. The predicted molar refractivity (Wildman–Crippen MR) is 97.7 cm³/mol. The highest BCUT2D eigenvalue weighted by Gasteiger charge is 2.24. The molecule has 1 aliphatic heterocycles. The summed E-state index contributed by atoms with van der Waals surface area (Å²) >= 11 is 1.72. The van der Waals surface area contributed by atoms with Crippen molar-refractivity contribution in [2.75, 3.05) is 36.8 Å². The molecule has 0 aliphatic carbocycles. The Hall–Kier alpha value is -2.08. The van der Waals surface area contributed by atoms with Crippen LogP contribution in [0.25, 0.3) is 0 Å². The zero-order valence-electron chi connectivity index (χ0n) is 14.1. The van der Waals surface area contributed by atoms with Crippen molar-refractivity contribution in [1.82, 2.24) is 15.1 Å². The van der Waals surface area contributed by atoms with Crippen LogP contribution in [-0.2, 0) is 0 Å². The van der Waals surface area contributed by atoms with Crippen molar-refractivity contribution >= 4 is 23.5 Å². The molecule has 0 saturated carbocycles. The van der Waals surface area contributed by atoms with Gasteiger partial charge in [-0.15, -0.1) is 16.9 Å². The van der Waals surface area contributed by atoms with E-state index in [2.05, 4.69) is 22.0 Å². The Morgan fingerprint density at radius 1 is 1.08 bits per heavy atom. The molecule has 0 radical (unpaired) electrons. The Balaban J connectivity index is 1.66. The van der Waals surface area contributed by atoms with Crippen LogP contribution in [0.1, 0.15) is 23.0 Å². The second-order valence-corrected chi connectivity index (χ2v) is 7.05. The van der Waals surface area contributed by atoms with Crippen molar-refractivity contribution in [3.63, 3.8) is 0 Å². The zero-order valence-corrected chi connectivity index (χ0v) is 14.9. The summed E-state index contributed by atoms with van der Waals surface area (Å²) < 4.78 is 0. The number of benzene rings is 1. The van der Waals surface area contributed by atoms with Crippen LogP contribution in [0.15, 0.2) is 41.3 Å². The number of rotatable bonds is 4. The molecule has 24 heavy (non-hydrogen) atoms. The first kappa shape index (κ1) is 16.8. The van der Waals surface area contributed by atoms with Crippen molar-refractivity contribution < 1.29 is 4.79 Å². The summed E-state index contributed by atoms with van der Waals surface area (Å²) in [7, 11) is 0. The Bertz CT molecular complexity index is 696. The first-order valence-corrected chi connectivity index (χ1v) is 9.24. The number of carbonyl (C=O) groups excluding carboxylic acids is 1. The maximum atomic E-state index is 12.8.